The molecule has 0 aliphatic heterocycles. The van der Waals surface area contributed by atoms with Gasteiger partial charge in [-0.2, -0.15) is 0 Å². The standard InChI is InChI=1S/C14H20Cl2N2O2S/c1-21(19,20)13-4-2-3-9(7-13)14(18-17)10-5-11(15)8-12(16)6-10/h5-6,8-9,13-14,18H,2-4,7,17H2,1H3. The number of hydrazine groups is 1. The summed E-state index contributed by atoms with van der Waals surface area (Å²) in [4.78, 5) is 0. The van der Waals surface area contributed by atoms with Crippen LogP contribution in [0.1, 0.15) is 37.3 Å². The first-order valence-electron chi connectivity index (χ1n) is 6.92. The number of rotatable bonds is 4. The van der Waals surface area contributed by atoms with E-state index in [9.17, 15) is 8.42 Å². The summed E-state index contributed by atoms with van der Waals surface area (Å²) < 4.78 is 23.6. The van der Waals surface area contributed by atoms with E-state index in [1.165, 1.54) is 6.26 Å². The van der Waals surface area contributed by atoms with Gasteiger partial charge >= 0.3 is 0 Å². The second-order valence-electron chi connectivity index (χ2n) is 5.73. The van der Waals surface area contributed by atoms with Crippen molar-refractivity contribution in [3.05, 3.63) is 33.8 Å². The van der Waals surface area contributed by atoms with Crippen molar-refractivity contribution in [3.8, 4) is 0 Å². The molecule has 0 saturated heterocycles. The smallest absolute Gasteiger partial charge is 0.150 e. The average molecular weight is 351 g/mol. The average Bonchev–Trinajstić information content (AvgIpc) is 2.38. The van der Waals surface area contributed by atoms with Gasteiger partial charge in [-0.3, -0.25) is 11.3 Å². The van der Waals surface area contributed by atoms with Gasteiger partial charge in [0.05, 0.1) is 5.25 Å². The fourth-order valence-electron chi connectivity index (χ4n) is 3.13. The van der Waals surface area contributed by atoms with E-state index in [1.807, 2.05) is 12.1 Å². The summed E-state index contributed by atoms with van der Waals surface area (Å²) in [5.74, 6) is 5.86. The van der Waals surface area contributed by atoms with Crippen LogP contribution < -0.4 is 11.3 Å². The van der Waals surface area contributed by atoms with Gasteiger partial charge in [0.25, 0.3) is 0 Å². The molecule has 0 amide bonds. The number of sulfone groups is 1. The molecule has 1 aliphatic carbocycles. The molecule has 0 heterocycles. The van der Waals surface area contributed by atoms with Crippen LogP contribution in [0.15, 0.2) is 18.2 Å². The van der Waals surface area contributed by atoms with Crippen molar-refractivity contribution >= 4 is 33.0 Å². The molecule has 0 spiro atoms. The maximum Gasteiger partial charge on any atom is 0.150 e. The molecule has 118 valence electrons. The van der Waals surface area contributed by atoms with E-state index in [4.69, 9.17) is 29.0 Å². The summed E-state index contributed by atoms with van der Waals surface area (Å²) in [6, 6.07) is 5.16. The quantitative estimate of drug-likeness (QED) is 0.646. The molecule has 21 heavy (non-hydrogen) atoms. The molecular formula is C14H20Cl2N2O2S. The highest BCUT2D eigenvalue weighted by atomic mass is 35.5. The van der Waals surface area contributed by atoms with Crippen LogP contribution in [0.5, 0.6) is 0 Å². The zero-order valence-corrected chi connectivity index (χ0v) is 14.2. The van der Waals surface area contributed by atoms with Crippen LogP contribution in [0.4, 0.5) is 0 Å². The molecule has 1 fully saturated rings. The Labute approximate surface area is 135 Å². The van der Waals surface area contributed by atoms with Crippen molar-refractivity contribution < 1.29 is 8.42 Å². The lowest BCUT2D eigenvalue weighted by atomic mass is 9.81. The van der Waals surface area contributed by atoms with Gasteiger partial charge in [0.15, 0.2) is 0 Å². The van der Waals surface area contributed by atoms with Crippen LogP contribution in [-0.2, 0) is 9.84 Å². The number of halogens is 2. The van der Waals surface area contributed by atoms with E-state index in [2.05, 4.69) is 5.43 Å². The highest BCUT2D eigenvalue weighted by Gasteiger charge is 2.33. The topological polar surface area (TPSA) is 72.2 Å². The lowest BCUT2D eigenvalue weighted by Crippen LogP contribution is -2.38. The minimum atomic E-state index is -3.02. The molecule has 3 atom stereocenters. The van der Waals surface area contributed by atoms with Crippen molar-refractivity contribution in [1.82, 2.24) is 5.43 Å². The molecule has 1 aromatic carbocycles. The van der Waals surface area contributed by atoms with Gasteiger partial charge in [-0.1, -0.05) is 29.6 Å². The summed E-state index contributed by atoms with van der Waals surface area (Å²) in [5, 5.41) is 0.809. The van der Waals surface area contributed by atoms with Gasteiger partial charge in [0.2, 0.25) is 0 Å². The number of nitrogens with two attached hydrogens (primary N) is 1. The van der Waals surface area contributed by atoms with Crippen molar-refractivity contribution in [3.63, 3.8) is 0 Å². The maximum atomic E-state index is 11.8. The van der Waals surface area contributed by atoms with Gasteiger partial charge < -0.3 is 0 Å². The fourth-order valence-corrected chi connectivity index (χ4v) is 4.87. The highest BCUT2D eigenvalue weighted by molar-refractivity contribution is 7.91. The molecule has 7 heteroatoms. The number of hydrogen-bond acceptors (Lipinski definition) is 4. The zero-order valence-electron chi connectivity index (χ0n) is 11.9. The fraction of sp³-hybridized carbons (Fsp3) is 0.571. The molecule has 3 unspecified atom stereocenters. The van der Waals surface area contributed by atoms with Gasteiger partial charge in [-0.05, 0) is 48.9 Å². The Morgan fingerprint density at radius 3 is 2.38 bits per heavy atom. The first kappa shape index (κ1) is 17.0. The summed E-state index contributed by atoms with van der Waals surface area (Å²) in [6.07, 6.45) is 4.46. The van der Waals surface area contributed by atoms with Gasteiger partial charge in [0.1, 0.15) is 9.84 Å². The Morgan fingerprint density at radius 2 is 1.86 bits per heavy atom. The van der Waals surface area contributed by atoms with Crippen LogP contribution >= 0.6 is 23.2 Å². The molecule has 1 aliphatic rings. The van der Waals surface area contributed by atoms with Crippen molar-refractivity contribution in [2.45, 2.75) is 37.0 Å². The Bertz CT molecular complexity index is 587. The molecule has 0 aromatic heterocycles. The molecule has 0 radical (unpaired) electrons. The molecule has 0 bridgehead atoms. The van der Waals surface area contributed by atoms with E-state index in [-0.39, 0.29) is 17.2 Å². The first-order chi connectivity index (χ1) is 9.81. The summed E-state index contributed by atoms with van der Waals surface area (Å²) >= 11 is 12.1. The monoisotopic (exact) mass is 350 g/mol. The van der Waals surface area contributed by atoms with Crippen molar-refractivity contribution in [2.24, 2.45) is 11.8 Å². The van der Waals surface area contributed by atoms with Crippen molar-refractivity contribution in [2.75, 3.05) is 6.26 Å². The third kappa shape index (κ3) is 4.33. The van der Waals surface area contributed by atoms with E-state index >= 15 is 0 Å². The minimum absolute atomic E-state index is 0.147. The van der Waals surface area contributed by atoms with E-state index in [1.54, 1.807) is 6.07 Å². The van der Waals surface area contributed by atoms with E-state index < -0.39 is 9.84 Å². The zero-order chi connectivity index (χ0) is 15.6. The Morgan fingerprint density at radius 1 is 1.24 bits per heavy atom. The van der Waals surface area contributed by atoms with Crippen LogP contribution in [0, 0.1) is 5.92 Å². The predicted molar refractivity (Wildman–Crippen MR) is 87.1 cm³/mol. The molecule has 4 nitrogen and oxygen atoms in total. The van der Waals surface area contributed by atoms with Gasteiger partial charge in [0, 0.05) is 22.3 Å². The third-order valence-electron chi connectivity index (χ3n) is 4.17. The minimum Gasteiger partial charge on any atom is -0.271 e. The molecule has 1 aromatic rings. The second kappa shape index (κ2) is 6.84. The molecule has 1 saturated carbocycles. The molecule has 3 N–H and O–H groups in total. The van der Waals surface area contributed by atoms with E-state index in [0.717, 1.165) is 24.8 Å². The van der Waals surface area contributed by atoms with E-state index in [0.29, 0.717) is 16.5 Å². The maximum absolute atomic E-state index is 11.8. The molecular weight excluding hydrogens is 331 g/mol. The third-order valence-corrected chi connectivity index (χ3v) is 6.24. The Hall–Kier alpha value is -0.330. The number of hydrogen-bond donors (Lipinski definition) is 2. The van der Waals surface area contributed by atoms with Crippen LogP contribution in [0.25, 0.3) is 0 Å². The summed E-state index contributed by atoms with van der Waals surface area (Å²) in [5.41, 5.74) is 3.70. The predicted octanol–water partition coefficient (Wildman–Crippen LogP) is 3.10. The summed E-state index contributed by atoms with van der Waals surface area (Å²) in [7, 11) is -3.02. The van der Waals surface area contributed by atoms with Crippen molar-refractivity contribution in [1.29, 1.82) is 0 Å². The largest absolute Gasteiger partial charge is 0.271 e. The molecule has 2 rings (SSSR count). The number of nitrogens with one attached hydrogen (secondary N) is 1. The lowest BCUT2D eigenvalue weighted by molar-refractivity contribution is 0.274. The Kier molecular flexibility index (Phi) is 5.54. The lowest BCUT2D eigenvalue weighted by Gasteiger charge is -2.34. The highest BCUT2D eigenvalue weighted by Crippen LogP contribution is 2.37. The SMILES string of the molecule is CS(=O)(=O)C1CCCC(C(NN)c2cc(Cl)cc(Cl)c2)C1. The first-order valence-corrected chi connectivity index (χ1v) is 9.63. The van der Waals surface area contributed by atoms with Crippen LogP contribution in [0.2, 0.25) is 10.0 Å². The number of benzene rings is 1. The Balaban J connectivity index is 2.24. The second-order valence-corrected chi connectivity index (χ2v) is 8.92. The van der Waals surface area contributed by atoms with Gasteiger partial charge in [-0.25, -0.2) is 8.42 Å². The van der Waals surface area contributed by atoms with Gasteiger partial charge in [-0.15, -0.1) is 0 Å². The van der Waals surface area contributed by atoms with Crippen LogP contribution in [-0.4, -0.2) is 19.9 Å². The summed E-state index contributed by atoms with van der Waals surface area (Å²) in [6.45, 7) is 0. The van der Waals surface area contributed by atoms with Crippen LogP contribution in [0.3, 0.4) is 0 Å². The normalized spacial score (nSPS) is 24.8.